The van der Waals surface area contributed by atoms with Gasteiger partial charge in [0, 0.05) is 34.2 Å². The molecule has 0 unspecified atom stereocenters. The van der Waals surface area contributed by atoms with Crippen molar-refractivity contribution in [3.8, 4) is 34.3 Å². The smallest absolute Gasteiger partial charge is 0.759 e. The molecule has 0 saturated heterocycles. The summed E-state index contributed by atoms with van der Waals surface area (Å²) in [6.07, 6.45) is 0. The summed E-state index contributed by atoms with van der Waals surface area (Å²) < 4.78 is 39.6. The third kappa shape index (κ3) is 8.02. The molecular weight excluding hydrogens is 450 g/mol. The molecule has 0 radical (unpaired) electrons. The van der Waals surface area contributed by atoms with Crippen LogP contribution in [0.1, 0.15) is 0 Å². The van der Waals surface area contributed by atoms with Crippen molar-refractivity contribution < 1.29 is 145 Å². The molecule has 28 heavy (non-hydrogen) atoms. The van der Waals surface area contributed by atoms with Gasteiger partial charge >= 0.3 is 103 Å². The largest absolute Gasteiger partial charge is 1.00 e. The van der Waals surface area contributed by atoms with Gasteiger partial charge < -0.3 is 33.9 Å². The number of phenols is 4. The average molecular weight is 460 g/mol. The minimum atomic E-state index is -5.17. The van der Waals surface area contributed by atoms with Crippen LogP contribution in [-0.4, -0.2) is 37.9 Å². The quantitative estimate of drug-likeness (QED) is 0.118. The zero-order chi connectivity index (χ0) is 19.6. The van der Waals surface area contributed by atoms with E-state index in [4.69, 9.17) is 21.9 Å². The number of hydrogen-bond donors (Lipinski definition) is 4. The van der Waals surface area contributed by atoms with Gasteiger partial charge in [0.05, 0.1) is 0 Å². The van der Waals surface area contributed by atoms with Crippen molar-refractivity contribution in [2.24, 2.45) is 0 Å². The number of phenolic OH excluding ortho intramolecular Hbond substituents is 4. The fraction of sp³-hybridized carbons (Fsp3) is 0. The Morgan fingerprint density at radius 1 is 0.821 bits per heavy atom. The summed E-state index contributed by atoms with van der Waals surface area (Å²) in [5.74, 6) is -1.13. The van der Waals surface area contributed by atoms with Gasteiger partial charge in [0.2, 0.25) is 0 Å². The van der Waals surface area contributed by atoms with E-state index in [9.17, 15) is 25.2 Å². The van der Waals surface area contributed by atoms with Gasteiger partial charge in [-0.3, -0.25) is 13.2 Å². The van der Waals surface area contributed by atoms with Gasteiger partial charge in [-0.15, -0.1) is 0 Å². The fourth-order valence-electron chi connectivity index (χ4n) is 2.07. The van der Waals surface area contributed by atoms with Gasteiger partial charge in [0.15, 0.2) is 16.9 Å². The van der Waals surface area contributed by atoms with Crippen LogP contribution >= 0.6 is 0 Å². The summed E-state index contributed by atoms with van der Waals surface area (Å²) in [7, 11) is -5.17. The number of rotatable bonds is 1. The Labute approximate surface area is 243 Å². The maximum atomic E-state index is 12.0. The predicted octanol–water partition coefficient (Wildman–Crippen LogP) is -5.05. The Balaban J connectivity index is 0.000000934. The fourth-order valence-corrected chi connectivity index (χ4v) is 2.07. The van der Waals surface area contributed by atoms with Crippen molar-refractivity contribution in [1.29, 1.82) is 0 Å². The molecule has 138 valence electrons. The topological polar surface area (TPSA) is 191 Å². The van der Waals surface area contributed by atoms with Crippen molar-refractivity contribution in [2.45, 2.75) is 0 Å². The Morgan fingerprint density at radius 2 is 1.39 bits per heavy atom. The second-order valence-electron chi connectivity index (χ2n) is 4.92. The Kier molecular flexibility index (Phi) is 11.4. The van der Waals surface area contributed by atoms with Crippen LogP contribution in [0.4, 0.5) is 0 Å². The van der Waals surface area contributed by atoms with E-state index in [2.05, 4.69) is 0 Å². The van der Waals surface area contributed by atoms with E-state index < -0.39 is 15.8 Å². The SMILES string of the molecule is O=S(=O)([O-])[O-].O=c1cc(-c2ccc(O)c(O)c2)oc2cc(O)cc(O)c12.[K+].[K+]. The number of fused-ring (bicyclic) bond motifs is 1. The third-order valence-electron chi connectivity index (χ3n) is 3.05. The van der Waals surface area contributed by atoms with Crippen molar-refractivity contribution >= 4 is 21.4 Å². The van der Waals surface area contributed by atoms with Gasteiger partial charge in [-0.05, 0) is 18.2 Å². The zero-order valence-electron chi connectivity index (χ0n) is 14.6. The van der Waals surface area contributed by atoms with Gasteiger partial charge in [-0.25, -0.2) is 0 Å². The molecule has 0 atom stereocenters. The molecule has 0 fully saturated rings. The summed E-state index contributed by atoms with van der Waals surface area (Å²) in [6, 6.07) is 7.37. The van der Waals surface area contributed by atoms with Crippen molar-refractivity contribution in [3.05, 3.63) is 46.6 Å². The molecule has 0 saturated carbocycles. The zero-order valence-corrected chi connectivity index (χ0v) is 21.7. The molecule has 0 aliphatic carbocycles. The van der Waals surface area contributed by atoms with Crippen LogP contribution in [0.2, 0.25) is 0 Å². The molecule has 1 aromatic heterocycles. The summed E-state index contributed by atoms with van der Waals surface area (Å²) >= 11 is 0. The van der Waals surface area contributed by atoms with E-state index in [1.807, 2.05) is 0 Å². The summed E-state index contributed by atoms with van der Waals surface area (Å²) in [5, 5.41) is 37.9. The molecule has 10 nitrogen and oxygen atoms in total. The van der Waals surface area contributed by atoms with E-state index >= 15 is 0 Å². The van der Waals surface area contributed by atoms with Crippen LogP contribution in [0.25, 0.3) is 22.3 Å². The molecule has 3 aromatic rings. The second kappa shape index (κ2) is 11.4. The summed E-state index contributed by atoms with van der Waals surface area (Å²) in [5.41, 5.74) is -0.106. The normalized spacial score (nSPS) is 10.2. The van der Waals surface area contributed by atoms with Crippen molar-refractivity contribution in [1.82, 2.24) is 0 Å². The first kappa shape index (κ1) is 28.0. The minimum Gasteiger partial charge on any atom is -0.759 e. The van der Waals surface area contributed by atoms with E-state index in [1.165, 1.54) is 24.3 Å². The second-order valence-corrected chi connectivity index (χ2v) is 5.74. The van der Waals surface area contributed by atoms with E-state index in [0.717, 1.165) is 12.1 Å². The van der Waals surface area contributed by atoms with Crippen LogP contribution in [0.5, 0.6) is 23.0 Å². The molecule has 0 amide bonds. The molecule has 1 heterocycles. The van der Waals surface area contributed by atoms with Gasteiger partial charge in [0.1, 0.15) is 28.2 Å². The molecular formula is C15H10K2O10S. The van der Waals surface area contributed by atoms with Gasteiger partial charge in [0.25, 0.3) is 0 Å². The Morgan fingerprint density at radius 3 is 1.93 bits per heavy atom. The van der Waals surface area contributed by atoms with Crippen molar-refractivity contribution in [2.75, 3.05) is 0 Å². The molecule has 13 heteroatoms. The van der Waals surface area contributed by atoms with E-state index in [-0.39, 0.29) is 142 Å². The molecule has 0 spiro atoms. The molecule has 4 N–H and O–H groups in total. The first-order valence-electron chi connectivity index (χ1n) is 6.64. The monoisotopic (exact) mass is 460 g/mol. The summed E-state index contributed by atoms with van der Waals surface area (Å²) in [4.78, 5) is 12.0. The van der Waals surface area contributed by atoms with Crippen LogP contribution in [0, 0.1) is 0 Å². The minimum absolute atomic E-state index is 0. The first-order chi connectivity index (χ1) is 12.0. The maximum Gasteiger partial charge on any atom is 1.00 e. The molecule has 0 aliphatic heterocycles. The van der Waals surface area contributed by atoms with Crippen LogP contribution in [-0.2, 0) is 10.4 Å². The first-order valence-corrected chi connectivity index (χ1v) is 7.98. The van der Waals surface area contributed by atoms with E-state index in [0.29, 0.717) is 5.56 Å². The number of benzene rings is 2. The average Bonchev–Trinajstić information content (AvgIpc) is 2.47. The molecule has 0 bridgehead atoms. The Bertz CT molecular complexity index is 1130. The summed E-state index contributed by atoms with van der Waals surface area (Å²) in [6.45, 7) is 0. The molecule has 3 rings (SSSR count). The van der Waals surface area contributed by atoms with Crippen LogP contribution in [0.3, 0.4) is 0 Å². The van der Waals surface area contributed by atoms with Crippen molar-refractivity contribution in [3.63, 3.8) is 0 Å². The number of aromatic hydroxyl groups is 4. The third-order valence-corrected chi connectivity index (χ3v) is 3.05. The number of hydrogen-bond acceptors (Lipinski definition) is 10. The van der Waals surface area contributed by atoms with Gasteiger partial charge in [-0.2, -0.15) is 0 Å². The van der Waals surface area contributed by atoms with Crippen LogP contribution in [0.15, 0.2) is 45.6 Å². The van der Waals surface area contributed by atoms with Crippen LogP contribution < -0.4 is 108 Å². The maximum absolute atomic E-state index is 12.0. The predicted molar refractivity (Wildman–Crippen MR) is 85.1 cm³/mol. The standard InChI is InChI=1S/C15H10O6.2K.H2O4S/c16-8-4-11(19)15-12(20)6-13(21-14(15)5-8)7-1-2-9(17)10(18)3-7;;;1-5(2,3)4/h1-6,16-19H;;;(H2,1,2,3,4)/q;2*+1;/p-2. The van der Waals surface area contributed by atoms with Gasteiger partial charge in [-0.1, -0.05) is 0 Å². The Hall–Kier alpha value is -0.00727. The van der Waals surface area contributed by atoms with E-state index in [1.54, 1.807) is 0 Å². The molecule has 2 aromatic carbocycles. The molecule has 0 aliphatic rings.